The summed E-state index contributed by atoms with van der Waals surface area (Å²) >= 11 is 0. The van der Waals surface area contributed by atoms with Gasteiger partial charge in [0.05, 0.1) is 30.5 Å². The maximum absolute atomic E-state index is 12.6. The van der Waals surface area contributed by atoms with Crippen molar-refractivity contribution in [2.24, 2.45) is 0 Å². The number of hydrogen-bond donors (Lipinski definition) is 1. The lowest BCUT2D eigenvalue weighted by atomic mass is 10.0. The minimum absolute atomic E-state index is 0.255. The highest BCUT2D eigenvalue weighted by Gasteiger charge is 2.18. The van der Waals surface area contributed by atoms with Crippen molar-refractivity contribution in [3.63, 3.8) is 0 Å². The van der Waals surface area contributed by atoms with Gasteiger partial charge in [-0.25, -0.2) is 9.59 Å². The van der Waals surface area contributed by atoms with Crippen molar-refractivity contribution in [2.75, 3.05) is 19.0 Å². The average Bonchev–Trinajstić information content (AvgIpc) is 2.78. The Kier molecular flexibility index (Phi) is 7.01. The minimum atomic E-state index is -0.475. The van der Waals surface area contributed by atoms with E-state index in [9.17, 15) is 9.59 Å². The summed E-state index contributed by atoms with van der Waals surface area (Å²) in [7, 11) is 1.33. The van der Waals surface area contributed by atoms with Gasteiger partial charge in [-0.1, -0.05) is 25.5 Å². The van der Waals surface area contributed by atoms with Gasteiger partial charge in [-0.3, -0.25) is 4.98 Å². The third kappa shape index (κ3) is 4.76. The van der Waals surface area contributed by atoms with Crippen LogP contribution in [0, 0.1) is 0 Å². The summed E-state index contributed by atoms with van der Waals surface area (Å²) in [5.74, 6) is -0.929. The maximum Gasteiger partial charge on any atom is 0.341 e. The first-order chi connectivity index (χ1) is 14.6. The summed E-state index contributed by atoms with van der Waals surface area (Å²) < 4.78 is 10.0. The summed E-state index contributed by atoms with van der Waals surface area (Å²) in [4.78, 5) is 28.9. The molecule has 1 heterocycles. The topological polar surface area (TPSA) is 77.5 Å². The highest BCUT2D eigenvalue weighted by molar-refractivity contribution is 6.07. The van der Waals surface area contributed by atoms with E-state index in [-0.39, 0.29) is 6.61 Å². The number of esters is 2. The van der Waals surface area contributed by atoms with Gasteiger partial charge in [0.1, 0.15) is 5.56 Å². The highest BCUT2D eigenvalue weighted by atomic mass is 16.5. The third-order valence-corrected chi connectivity index (χ3v) is 4.83. The fourth-order valence-electron chi connectivity index (χ4n) is 3.22. The summed E-state index contributed by atoms with van der Waals surface area (Å²) in [6.07, 6.45) is 4.82. The zero-order valence-electron chi connectivity index (χ0n) is 17.5. The molecular formula is C24H26N2O4. The molecule has 0 aliphatic rings. The van der Waals surface area contributed by atoms with Gasteiger partial charge in [-0.05, 0) is 55.7 Å². The van der Waals surface area contributed by atoms with Crippen LogP contribution in [0.3, 0.4) is 0 Å². The number of rotatable bonds is 8. The molecule has 0 saturated carbocycles. The van der Waals surface area contributed by atoms with E-state index in [0.717, 1.165) is 24.9 Å². The van der Waals surface area contributed by atoms with Crippen molar-refractivity contribution in [2.45, 2.75) is 33.1 Å². The minimum Gasteiger partial charge on any atom is -0.465 e. The van der Waals surface area contributed by atoms with E-state index in [4.69, 9.17) is 9.47 Å². The monoisotopic (exact) mass is 406 g/mol. The molecule has 0 unspecified atom stereocenters. The number of ether oxygens (including phenoxy) is 2. The molecule has 0 fully saturated rings. The van der Waals surface area contributed by atoms with Gasteiger partial charge in [0.15, 0.2) is 0 Å². The summed E-state index contributed by atoms with van der Waals surface area (Å²) in [5, 5.41) is 3.97. The number of aromatic nitrogens is 1. The van der Waals surface area contributed by atoms with Gasteiger partial charge in [-0.2, -0.15) is 0 Å². The van der Waals surface area contributed by atoms with Crippen molar-refractivity contribution in [3.05, 3.63) is 65.4 Å². The number of fused-ring (bicyclic) bond motifs is 1. The van der Waals surface area contributed by atoms with Gasteiger partial charge in [-0.15, -0.1) is 0 Å². The number of nitrogens with zero attached hydrogens (tertiary/aromatic N) is 1. The molecule has 6 nitrogen and oxygen atoms in total. The Balaban J connectivity index is 2.06. The lowest BCUT2D eigenvalue weighted by Crippen LogP contribution is -2.10. The Morgan fingerprint density at radius 3 is 2.47 bits per heavy atom. The Bertz CT molecular complexity index is 1050. The molecule has 0 saturated heterocycles. The second-order valence-electron chi connectivity index (χ2n) is 6.92. The number of hydrogen-bond acceptors (Lipinski definition) is 6. The smallest absolute Gasteiger partial charge is 0.341 e. The molecule has 0 aliphatic carbocycles. The number of carbonyl (C=O) groups is 2. The summed E-state index contributed by atoms with van der Waals surface area (Å²) in [5.41, 5.74) is 3.98. The Hall–Kier alpha value is -3.41. The highest BCUT2D eigenvalue weighted by Crippen LogP contribution is 2.31. The fraction of sp³-hybridized carbons (Fsp3) is 0.292. The zero-order chi connectivity index (χ0) is 21.5. The number of pyridine rings is 1. The lowest BCUT2D eigenvalue weighted by molar-refractivity contribution is 0.0526. The van der Waals surface area contributed by atoms with Gasteiger partial charge in [0.25, 0.3) is 0 Å². The molecule has 0 aliphatic heterocycles. The summed E-state index contributed by atoms with van der Waals surface area (Å²) in [6, 6.07) is 13.2. The molecule has 3 aromatic rings. The fourth-order valence-corrected chi connectivity index (χ4v) is 3.22. The van der Waals surface area contributed by atoms with Gasteiger partial charge in [0.2, 0.25) is 0 Å². The van der Waals surface area contributed by atoms with Crippen molar-refractivity contribution in [3.8, 4) is 0 Å². The number of anilines is 2. The van der Waals surface area contributed by atoms with E-state index < -0.39 is 11.9 Å². The van der Waals surface area contributed by atoms with Crippen LogP contribution < -0.4 is 5.32 Å². The number of nitrogens with one attached hydrogen (secondary N) is 1. The molecule has 2 aromatic carbocycles. The van der Waals surface area contributed by atoms with E-state index in [0.29, 0.717) is 27.7 Å². The molecule has 0 radical (unpaired) electrons. The number of unbranched alkanes of at least 4 members (excludes halogenated alkanes) is 1. The molecule has 1 aromatic heterocycles. The molecule has 0 amide bonds. The van der Waals surface area contributed by atoms with Crippen LogP contribution in [0.4, 0.5) is 11.4 Å². The van der Waals surface area contributed by atoms with Gasteiger partial charge >= 0.3 is 11.9 Å². The molecule has 0 atom stereocenters. The third-order valence-electron chi connectivity index (χ3n) is 4.83. The van der Waals surface area contributed by atoms with E-state index >= 15 is 0 Å². The Morgan fingerprint density at radius 1 is 1.03 bits per heavy atom. The quantitative estimate of drug-likeness (QED) is 0.513. The molecule has 1 N–H and O–H groups in total. The Labute approximate surface area is 176 Å². The normalized spacial score (nSPS) is 10.6. The number of aryl methyl sites for hydroxylation is 1. The SMILES string of the molecule is CCCCc1ccc(Nc2c(C(=O)OCC)cnc3ccc(C(=O)OC)cc23)cc1. The van der Waals surface area contributed by atoms with E-state index in [1.165, 1.54) is 18.9 Å². The lowest BCUT2D eigenvalue weighted by Gasteiger charge is -2.15. The molecule has 6 heteroatoms. The van der Waals surface area contributed by atoms with Crippen LogP contribution in [-0.2, 0) is 15.9 Å². The van der Waals surface area contributed by atoms with Crippen molar-refractivity contribution < 1.29 is 19.1 Å². The standard InChI is InChI=1S/C24H26N2O4/c1-4-6-7-16-8-11-18(12-9-16)26-22-19-14-17(23(27)29-3)10-13-21(19)25-15-20(22)24(28)30-5-2/h8-15H,4-7H2,1-3H3,(H,25,26). The van der Waals surface area contributed by atoms with Crippen LogP contribution >= 0.6 is 0 Å². The van der Waals surface area contributed by atoms with Crippen LogP contribution in [0.2, 0.25) is 0 Å². The first kappa shape index (κ1) is 21.3. The molecule has 30 heavy (non-hydrogen) atoms. The molecular weight excluding hydrogens is 380 g/mol. The van der Waals surface area contributed by atoms with E-state index in [2.05, 4.69) is 29.4 Å². The number of carbonyl (C=O) groups excluding carboxylic acids is 2. The average molecular weight is 406 g/mol. The zero-order valence-corrected chi connectivity index (χ0v) is 17.5. The van der Waals surface area contributed by atoms with E-state index in [1.807, 2.05) is 12.1 Å². The molecule has 0 bridgehead atoms. The van der Waals surface area contributed by atoms with Crippen LogP contribution in [0.25, 0.3) is 10.9 Å². The van der Waals surface area contributed by atoms with Crippen LogP contribution in [0.15, 0.2) is 48.7 Å². The number of methoxy groups -OCH3 is 1. The summed E-state index contributed by atoms with van der Waals surface area (Å²) in [6.45, 7) is 4.18. The van der Waals surface area contributed by atoms with Gasteiger partial charge < -0.3 is 14.8 Å². The molecule has 0 spiro atoms. The van der Waals surface area contributed by atoms with Crippen molar-refractivity contribution in [1.29, 1.82) is 0 Å². The molecule has 156 valence electrons. The number of benzene rings is 2. The Morgan fingerprint density at radius 2 is 1.80 bits per heavy atom. The van der Waals surface area contributed by atoms with E-state index in [1.54, 1.807) is 25.1 Å². The largest absolute Gasteiger partial charge is 0.465 e. The van der Waals surface area contributed by atoms with Crippen molar-refractivity contribution >= 4 is 34.2 Å². The first-order valence-electron chi connectivity index (χ1n) is 10.1. The first-order valence-corrected chi connectivity index (χ1v) is 10.1. The maximum atomic E-state index is 12.6. The van der Waals surface area contributed by atoms with Crippen LogP contribution in [0.1, 0.15) is 53.0 Å². The second-order valence-corrected chi connectivity index (χ2v) is 6.92. The van der Waals surface area contributed by atoms with Crippen LogP contribution in [0.5, 0.6) is 0 Å². The predicted molar refractivity (Wildman–Crippen MR) is 117 cm³/mol. The second kappa shape index (κ2) is 9.87. The van der Waals surface area contributed by atoms with Crippen molar-refractivity contribution in [1.82, 2.24) is 4.98 Å². The predicted octanol–water partition coefficient (Wildman–Crippen LogP) is 5.28. The van der Waals surface area contributed by atoms with Gasteiger partial charge in [0, 0.05) is 17.3 Å². The van der Waals surface area contributed by atoms with Crippen LogP contribution in [-0.4, -0.2) is 30.6 Å². The molecule has 3 rings (SSSR count).